The Kier molecular flexibility index (Phi) is 5.16. The second-order valence-corrected chi connectivity index (χ2v) is 7.12. The van der Waals surface area contributed by atoms with Gasteiger partial charge in [-0.05, 0) is 24.3 Å². The Balaban J connectivity index is 2.06. The number of oxazole rings is 1. The molecule has 25 heavy (non-hydrogen) atoms. The molecule has 1 N–H and O–H groups in total. The Morgan fingerprint density at radius 3 is 2.32 bits per heavy atom. The molecular weight excluding hydrogens is 340 g/mol. The first-order chi connectivity index (χ1) is 12.1. The fourth-order valence-corrected chi connectivity index (χ4v) is 3.58. The summed E-state index contributed by atoms with van der Waals surface area (Å²) in [7, 11) is -2.23. The molecule has 1 heterocycles. The monoisotopic (exact) mass is 358 g/mol. The third kappa shape index (κ3) is 3.72. The highest BCUT2D eigenvalue weighted by molar-refractivity contribution is 7.91. The number of nitrogens with one attached hydrogen (secondary N) is 1. The van der Waals surface area contributed by atoms with Gasteiger partial charge in [0.15, 0.2) is 0 Å². The predicted molar refractivity (Wildman–Crippen MR) is 94.2 cm³/mol. The molecular formula is C18H18N2O4S. The van der Waals surface area contributed by atoms with Gasteiger partial charge in [-0.25, -0.2) is 8.42 Å². The second kappa shape index (κ2) is 7.50. The molecule has 0 aliphatic heterocycles. The highest BCUT2D eigenvalue weighted by atomic mass is 32.2. The van der Waals surface area contributed by atoms with E-state index in [-0.39, 0.29) is 21.7 Å². The maximum Gasteiger partial charge on any atom is 0.233 e. The van der Waals surface area contributed by atoms with Gasteiger partial charge in [-0.15, -0.1) is 0 Å². The maximum atomic E-state index is 12.9. The topological polar surface area (TPSA) is 81.4 Å². The molecule has 0 saturated heterocycles. The van der Waals surface area contributed by atoms with E-state index in [1.165, 1.54) is 12.1 Å². The van der Waals surface area contributed by atoms with Gasteiger partial charge in [0, 0.05) is 19.2 Å². The van der Waals surface area contributed by atoms with Crippen LogP contribution < -0.4 is 5.32 Å². The highest BCUT2D eigenvalue weighted by Crippen LogP contribution is 2.32. The number of ether oxygens (including phenoxy) is 1. The molecule has 0 unspecified atom stereocenters. The number of hydrogen-bond donors (Lipinski definition) is 1. The Hall–Kier alpha value is -2.64. The van der Waals surface area contributed by atoms with Crippen molar-refractivity contribution in [1.29, 1.82) is 0 Å². The van der Waals surface area contributed by atoms with Crippen molar-refractivity contribution in [2.75, 3.05) is 25.6 Å². The molecule has 0 fully saturated rings. The standard InChI is InChI=1S/C18H18N2O4S/c1-23-13-12-19-17-18(25(21,22)15-10-6-3-7-11-15)20-16(24-17)14-8-4-2-5-9-14/h2-11,19H,12-13H2,1H3. The van der Waals surface area contributed by atoms with Gasteiger partial charge in [0.05, 0.1) is 11.5 Å². The molecule has 0 aliphatic rings. The van der Waals surface area contributed by atoms with E-state index in [0.717, 1.165) is 0 Å². The van der Waals surface area contributed by atoms with Gasteiger partial charge in [-0.1, -0.05) is 36.4 Å². The van der Waals surface area contributed by atoms with Crippen LogP contribution in [-0.2, 0) is 14.6 Å². The minimum absolute atomic E-state index is 0.111. The number of rotatable bonds is 7. The van der Waals surface area contributed by atoms with Crippen LogP contribution in [0.2, 0.25) is 0 Å². The molecule has 0 aliphatic carbocycles. The van der Waals surface area contributed by atoms with E-state index in [9.17, 15) is 8.42 Å². The average Bonchev–Trinajstić information content (AvgIpc) is 3.08. The van der Waals surface area contributed by atoms with E-state index < -0.39 is 9.84 Å². The molecule has 0 saturated carbocycles. The van der Waals surface area contributed by atoms with E-state index in [4.69, 9.17) is 9.15 Å². The molecule has 0 atom stereocenters. The molecule has 1 aromatic heterocycles. The van der Waals surface area contributed by atoms with E-state index in [1.807, 2.05) is 30.3 Å². The van der Waals surface area contributed by atoms with Gasteiger partial charge < -0.3 is 14.5 Å². The summed E-state index contributed by atoms with van der Waals surface area (Å²) in [6.07, 6.45) is 0. The van der Waals surface area contributed by atoms with Gasteiger partial charge in [-0.3, -0.25) is 0 Å². The lowest BCUT2D eigenvalue weighted by Crippen LogP contribution is -2.11. The smallest absolute Gasteiger partial charge is 0.233 e. The van der Waals surface area contributed by atoms with Crippen LogP contribution in [0.25, 0.3) is 11.5 Å². The van der Waals surface area contributed by atoms with Gasteiger partial charge in [-0.2, -0.15) is 4.98 Å². The molecule has 130 valence electrons. The molecule has 2 aromatic carbocycles. The third-order valence-corrected chi connectivity index (χ3v) is 5.20. The molecule has 7 heteroatoms. The lowest BCUT2D eigenvalue weighted by atomic mass is 10.2. The van der Waals surface area contributed by atoms with Crippen LogP contribution in [-0.4, -0.2) is 33.7 Å². The van der Waals surface area contributed by atoms with E-state index in [2.05, 4.69) is 10.3 Å². The van der Waals surface area contributed by atoms with Crippen molar-refractivity contribution in [2.45, 2.75) is 9.92 Å². The third-order valence-electron chi connectivity index (χ3n) is 3.52. The Labute approximate surface area is 146 Å². The van der Waals surface area contributed by atoms with Crippen LogP contribution >= 0.6 is 0 Å². The fourth-order valence-electron chi connectivity index (χ4n) is 2.28. The lowest BCUT2D eigenvalue weighted by molar-refractivity contribution is 0.210. The SMILES string of the molecule is COCCNc1oc(-c2ccccc2)nc1S(=O)(=O)c1ccccc1. The van der Waals surface area contributed by atoms with Crippen LogP contribution in [0.1, 0.15) is 0 Å². The van der Waals surface area contributed by atoms with Crippen LogP contribution in [0.4, 0.5) is 5.88 Å². The number of sulfone groups is 1. The Bertz CT molecular complexity index is 922. The van der Waals surface area contributed by atoms with E-state index in [1.54, 1.807) is 25.3 Å². The van der Waals surface area contributed by atoms with Gasteiger partial charge >= 0.3 is 0 Å². The van der Waals surface area contributed by atoms with Gasteiger partial charge in [0.1, 0.15) is 0 Å². The van der Waals surface area contributed by atoms with Gasteiger partial charge in [0.2, 0.25) is 26.6 Å². The van der Waals surface area contributed by atoms with Gasteiger partial charge in [0.25, 0.3) is 0 Å². The summed E-state index contributed by atoms with van der Waals surface area (Å²) in [6.45, 7) is 0.809. The zero-order valence-electron chi connectivity index (χ0n) is 13.7. The molecule has 0 radical (unpaired) electrons. The quantitative estimate of drug-likeness (QED) is 0.653. The van der Waals surface area contributed by atoms with Crippen molar-refractivity contribution in [3.05, 3.63) is 60.7 Å². The molecule has 3 aromatic rings. The zero-order valence-corrected chi connectivity index (χ0v) is 14.5. The minimum Gasteiger partial charge on any atom is -0.419 e. The summed E-state index contributed by atoms with van der Waals surface area (Å²) in [6, 6.07) is 17.3. The highest BCUT2D eigenvalue weighted by Gasteiger charge is 2.28. The Morgan fingerprint density at radius 1 is 1.04 bits per heavy atom. The summed E-state index contributed by atoms with van der Waals surface area (Å²) >= 11 is 0. The maximum absolute atomic E-state index is 12.9. The summed E-state index contributed by atoms with van der Waals surface area (Å²) in [4.78, 5) is 4.41. The van der Waals surface area contributed by atoms with Crippen LogP contribution in [0.15, 0.2) is 75.0 Å². The van der Waals surface area contributed by atoms with Crippen LogP contribution in [0.3, 0.4) is 0 Å². The van der Waals surface area contributed by atoms with Crippen molar-refractivity contribution in [1.82, 2.24) is 4.98 Å². The molecule has 0 bridgehead atoms. The first-order valence-corrected chi connectivity index (χ1v) is 9.20. The number of hydrogen-bond acceptors (Lipinski definition) is 6. The molecule has 0 spiro atoms. The average molecular weight is 358 g/mol. The van der Waals surface area contributed by atoms with Crippen LogP contribution in [0.5, 0.6) is 0 Å². The van der Waals surface area contributed by atoms with E-state index in [0.29, 0.717) is 18.7 Å². The molecule has 0 amide bonds. The predicted octanol–water partition coefficient (Wildman–Crippen LogP) is 3.23. The zero-order chi connectivity index (χ0) is 17.7. The number of benzene rings is 2. The summed E-state index contributed by atoms with van der Waals surface area (Å²) in [5.41, 5.74) is 0.701. The minimum atomic E-state index is -3.80. The summed E-state index contributed by atoms with van der Waals surface area (Å²) in [5.74, 6) is 0.356. The first kappa shape index (κ1) is 17.2. The van der Waals surface area contributed by atoms with Crippen molar-refractivity contribution in [3.63, 3.8) is 0 Å². The van der Waals surface area contributed by atoms with Crippen LogP contribution in [0, 0.1) is 0 Å². The van der Waals surface area contributed by atoms with Crippen molar-refractivity contribution < 1.29 is 17.6 Å². The normalized spacial score (nSPS) is 11.4. The fraction of sp³-hybridized carbons (Fsp3) is 0.167. The largest absolute Gasteiger partial charge is 0.419 e. The second-order valence-electron chi connectivity index (χ2n) is 5.26. The van der Waals surface area contributed by atoms with Crippen molar-refractivity contribution in [2.24, 2.45) is 0 Å². The Morgan fingerprint density at radius 2 is 1.68 bits per heavy atom. The molecule has 6 nitrogen and oxygen atoms in total. The van der Waals surface area contributed by atoms with Crippen molar-refractivity contribution in [3.8, 4) is 11.5 Å². The summed E-state index contributed by atoms with van der Waals surface area (Å²) in [5, 5.41) is 2.82. The summed E-state index contributed by atoms with van der Waals surface area (Å²) < 4.78 is 36.6. The number of nitrogens with zero attached hydrogens (tertiary/aromatic N) is 1. The van der Waals surface area contributed by atoms with E-state index >= 15 is 0 Å². The molecule has 3 rings (SSSR count). The number of methoxy groups -OCH3 is 1. The lowest BCUT2D eigenvalue weighted by Gasteiger charge is -2.05. The van der Waals surface area contributed by atoms with Crippen molar-refractivity contribution >= 4 is 15.7 Å². The first-order valence-electron chi connectivity index (χ1n) is 7.72. The number of aromatic nitrogens is 1. The number of anilines is 1.